The lowest BCUT2D eigenvalue weighted by Gasteiger charge is -2.47. The zero-order chi connectivity index (χ0) is 19.4. The Labute approximate surface area is 183 Å². The summed E-state index contributed by atoms with van der Waals surface area (Å²) in [6.45, 7) is 4.92. The Hall–Kier alpha value is -1.66. The van der Waals surface area contributed by atoms with E-state index in [1.807, 2.05) is 4.90 Å². The molecule has 0 N–H and O–H groups in total. The van der Waals surface area contributed by atoms with Gasteiger partial charge in [-0.2, -0.15) is 0 Å². The van der Waals surface area contributed by atoms with E-state index in [1.54, 1.807) is 12.1 Å². The summed E-state index contributed by atoms with van der Waals surface area (Å²) >= 11 is 5.89. The predicted octanol–water partition coefficient (Wildman–Crippen LogP) is 3.71. The Balaban J connectivity index is 0.00000240. The molecule has 156 valence electrons. The van der Waals surface area contributed by atoms with Crippen LogP contribution >= 0.6 is 24.0 Å². The number of benzene rings is 1. The van der Waals surface area contributed by atoms with Crippen LogP contribution in [0.15, 0.2) is 48.7 Å². The first-order valence-electron chi connectivity index (χ1n) is 9.95. The fourth-order valence-electron chi connectivity index (χ4n) is 4.10. The maximum atomic E-state index is 12.8. The molecule has 0 saturated carbocycles. The molecule has 1 amide bonds. The Morgan fingerprint density at radius 1 is 1.10 bits per heavy atom. The first kappa shape index (κ1) is 22.0. The van der Waals surface area contributed by atoms with Gasteiger partial charge in [0.05, 0.1) is 23.8 Å². The molecule has 5 nitrogen and oxygen atoms in total. The number of morpholine rings is 1. The summed E-state index contributed by atoms with van der Waals surface area (Å²) in [5, 5.41) is 0.540. The van der Waals surface area contributed by atoms with Crippen molar-refractivity contribution in [3.05, 3.63) is 64.9 Å². The largest absolute Gasteiger partial charge is 0.371 e. The van der Waals surface area contributed by atoms with Crippen LogP contribution in [0.3, 0.4) is 0 Å². The summed E-state index contributed by atoms with van der Waals surface area (Å²) in [6, 6.07) is 14.0. The topological polar surface area (TPSA) is 45.7 Å². The Morgan fingerprint density at radius 3 is 2.55 bits per heavy atom. The Morgan fingerprint density at radius 2 is 1.86 bits per heavy atom. The molecule has 29 heavy (non-hydrogen) atoms. The molecule has 4 rings (SSSR count). The number of ether oxygens (including phenoxy) is 1. The van der Waals surface area contributed by atoms with Crippen LogP contribution in [0.4, 0.5) is 0 Å². The highest BCUT2D eigenvalue weighted by molar-refractivity contribution is 6.30. The van der Waals surface area contributed by atoms with Gasteiger partial charge in [0, 0.05) is 32.4 Å². The Bertz CT molecular complexity index is 793. The third-order valence-electron chi connectivity index (χ3n) is 5.81. The third-order valence-corrected chi connectivity index (χ3v) is 6.03. The number of carbonyl (C=O) groups excluding carboxylic acids is 1. The molecule has 2 aliphatic heterocycles. The second kappa shape index (κ2) is 9.90. The predicted molar refractivity (Wildman–Crippen MR) is 117 cm³/mol. The van der Waals surface area contributed by atoms with E-state index in [0.29, 0.717) is 30.4 Å². The van der Waals surface area contributed by atoms with Gasteiger partial charge < -0.3 is 14.5 Å². The number of hydrogen-bond donors (Lipinski definition) is 0. The van der Waals surface area contributed by atoms with E-state index in [-0.39, 0.29) is 23.9 Å². The van der Waals surface area contributed by atoms with Gasteiger partial charge in [0.2, 0.25) is 0 Å². The molecule has 0 bridgehead atoms. The van der Waals surface area contributed by atoms with Crippen LogP contribution in [0.2, 0.25) is 5.02 Å². The highest BCUT2D eigenvalue weighted by Crippen LogP contribution is 2.30. The minimum absolute atomic E-state index is 0. The van der Waals surface area contributed by atoms with Gasteiger partial charge in [0.15, 0.2) is 0 Å². The second-order valence-corrected chi connectivity index (χ2v) is 8.13. The maximum absolute atomic E-state index is 12.8. The van der Waals surface area contributed by atoms with Gasteiger partial charge >= 0.3 is 0 Å². The number of likely N-dealkylation sites (tertiary alicyclic amines) is 1. The minimum atomic E-state index is -0.219. The highest BCUT2D eigenvalue weighted by Gasteiger charge is 2.41. The van der Waals surface area contributed by atoms with E-state index in [0.717, 1.165) is 38.9 Å². The van der Waals surface area contributed by atoms with Crippen molar-refractivity contribution >= 4 is 29.9 Å². The van der Waals surface area contributed by atoms with Crippen molar-refractivity contribution in [2.45, 2.75) is 24.9 Å². The van der Waals surface area contributed by atoms with Crippen LogP contribution in [0.25, 0.3) is 0 Å². The lowest BCUT2D eigenvalue weighted by molar-refractivity contribution is -0.127. The summed E-state index contributed by atoms with van der Waals surface area (Å²) in [6.07, 6.45) is 4.51. The van der Waals surface area contributed by atoms with Crippen molar-refractivity contribution in [3.63, 3.8) is 0 Å². The third kappa shape index (κ3) is 5.48. The smallest absolute Gasteiger partial charge is 0.272 e. The maximum Gasteiger partial charge on any atom is 0.272 e. The zero-order valence-corrected chi connectivity index (χ0v) is 18.0. The van der Waals surface area contributed by atoms with Crippen molar-refractivity contribution in [3.8, 4) is 0 Å². The number of pyridine rings is 1. The van der Waals surface area contributed by atoms with Crippen molar-refractivity contribution in [1.29, 1.82) is 0 Å². The normalized spacial score (nSPS) is 19.0. The first-order chi connectivity index (χ1) is 13.6. The number of hydrogen-bond acceptors (Lipinski definition) is 4. The zero-order valence-electron chi connectivity index (χ0n) is 16.4. The molecule has 0 aliphatic carbocycles. The van der Waals surface area contributed by atoms with E-state index >= 15 is 0 Å². The fraction of sp³-hybridized carbons (Fsp3) is 0.455. The van der Waals surface area contributed by atoms with Crippen LogP contribution in [-0.4, -0.2) is 65.6 Å². The molecule has 1 aromatic heterocycles. The van der Waals surface area contributed by atoms with Crippen molar-refractivity contribution in [2.75, 3.05) is 39.3 Å². The van der Waals surface area contributed by atoms with Gasteiger partial charge in [0.25, 0.3) is 5.91 Å². The van der Waals surface area contributed by atoms with Crippen molar-refractivity contribution in [1.82, 2.24) is 14.8 Å². The lowest BCUT2D eigenvalue weighted by Crippen LogP contribution is -2.58. The van der Waals surface area contributed by atoms with E-state index < -0.39 is 0 Å². The fourth-order valence-corrected chi connectivity index (χ4v) is 4.21. The summed E-state index contributed by atoms with van der Waals surface area (Å²) < 4.78 is 6.19. The van der Waals surface area contributed by atoms with Gasteiger partial charge in [-0.1, -0.05) is 41.9 Å². The molecular weight excluding hydrogens is 409 g/mol. The monoisotopic (exact) mass is 435 g/mol. The molecular formula is C22H27Cl2N3O2. The molecule has 1 aromatic carbocycles. The van der Waals surface area contributed by atoms with Crippen LogP contribution in [0.1, 0.15) is 28.9 Å². The second-order valence-electron chi connectivity index (χ2n) is 7.70. The van der Waals surface area contributed by atoms with Gasteiger partial charge in [0.1, 0.15) is 5.69 Å². The van der Waals surface area contributed by atoms with Crippen molar-refractivity contribution < 1.29 is 9.53 Å². The number of rotatable bonds is 4. The average Bonchev–Trinajstić information content (AvgIpc) is 2.74. The number of amides is 1. The summed E-state index contributed by atoms with van der Waals surface area (Å²) in [4.78, 5) is 21.4. The van der Waals surface area contributed by atoms with Crippen LogP contribution < -0.4 is 0 Å². The van der Waals surface area contributed by atoms with E-state index in [9.17, 15) is 4.79 Å². The molecule has 2 aliphatic rings. The molecule has 7 heteroatoms. The van der Waals surface area contributed by atoms with Crippen molar-refractivity contribution in [2.24, 2.45) is 0 Å². The van der Waals surface area contributed by atoms with E-state index in [1.165, 1.54) is 11.8 Å². The SMILES string of the molecule is Cl.O=C(c1ccc(Cl)cn1)N1CCOC2(CCN(CCc3ccccc3)CC2)C1. The minimum Gasteiger partial charge on any atom is -0.371 e. The van der Waals surface area contributed by atoms with Gasteiger partial charge in [-0.3, -0.25) is 4.79 Å². The van der Waals surface area contributed by atoms with Crippen LogP contribution in [0, 0.1) is 0 Å². The number of nitrogens with zero attached hydrogens (tertiary/aromatic N) is 3. The molecule has 3 heterocycles. The number of carbonyl (C=O) groups is 1. The molecule has 2 aromatic rings. The number of halogens is 2. The van der Waals surface area contributed by atoms with E-state index in [2.05, 4.69) is 40.2 Å². The molecule has 0 atom stereocenters. The van der Waals surface area contributed by atoms with E-state index in [4.69, 9.17) is 16.3 Å². The number of piperidine rings is 1. The Kier molecular flexibility index (Phi) is 7.52. The lowest BCUT2D eigenvalue weighted by atomic mass is 9.89. The average molecular weight is 436 g/mol. The van der Waals surface area contributed by atoms with Crippen LogP contribution in [0.5, 0.6) is 0 Å². The molecule has 2 fully saturated rings. The van der Waals surface area contributed by atoms with Gasteiger partial charge in [-0.15, -0.1) is 12.4 Å². The number of aromatic nitrogens is 1. The molecule has 2 saturated heterocycles. The first-order valence-corrected chi connectivity index (χ1v) is 10.3. The molecule has 0 unspecified atom stereocenters. The summed E-state index contributed by atoms with van der Waals surface area (Å²) in [5.74, 6) is -0.0363. The standard InChI is InChI=1S/C22H26ClN3O2.ClH/c23-19-6-7-20(24-16-19)21(27)26-14-15-28-22(17-26)9-12-25(13-10-22)11-8-18-4-2-1-3-5-18;/h1-7,16H,8-15,17H2;1H. The van der Waals surface area contributed by atoms with Gasteiger partial charge in [-0.25, -0.2) is 4.98 Å². The highest BCUT2D eigenvalue weighted by atomic mass is 35.5. The summed E-state index contributed by atoms with van der Waals surface area (Å²) in [5.41, 5.74) is 1.61. The molecule has 0 radical (unpaired) electrons. The molecule has 1 spiro atoms. The quantitative estimate of drug-likeness (QED) is 0.733. The summed E-state index contributed by atoms with van der Waals surface area (Å²) in [7, 11) is 0. The van der Waals surface area contributed by atoms with Crippen LogP contribution in [-0.2, 0) is 11.2 Å². The van der Waals surface area contributed by atoms with Gasteiger partial charge in [-0.05, 0) is 37.0 Å².